The number of fused-ring (bicyclic) bond motifs is 1. The molecule has 5 rings (SSSR count). The summed E-state index contributed by atoms with van der Waals surface area (Å²) in [4.78, 5) is 18.8. The number of piperidine rings is 1. The minimum absolute atomic E-state index is 0.228. The summed E-state index contributed by atoms with van der Waals surface area (Å²) >= 11 is 0. The van der Waals surface area contributed by atoms with Crippen LogP contribution in [0.2, 0.25) is 0 Å². The topological polar surface area (TPSA) is 58.4 Å². The molecule has 1 aliphatic heterocycles. The van der Waals surface area contributed by atoms with Crippen LogP contribution in [0, 0.1) is 22.7 Å². The Kier molecular flexibility index (Phi) is 3.87. The van der Waals surface area contributed by atoms with Crippen molar-refractivity contribution in [2.45, 2.75) is 39.5 Å². The number of nitrogens with zero attached hydrogens (tertiary/aromatic N) is 2. The first-order valence-electron chi connectivity index (χ1n) is 10.4. The van der Waals surface area contributed by atoms with Gasteiger partial charge < -0.3 is 14.6 Å². The fourth-order valence-corrected chi connectivity index (χ4v) is 4.98. The summed E-state index contributed by atoms with van der Waals surface area (Å²) in [7, 11) is 0. The molecule has 1 saturated heterocycles. The zero-order chi connectivity index (χ0) is 19.5. The Morgan fingerprint density at radius 1 is 1.36 bits per heavy atom. The monoisotopic (exact) mass is 379 g/mol. The Hall–Kier alpha value is -2.30. The van der Waals surface area contributed by atoms with Crippen LogP contribution in [0.4, 0.5) is 0 Å². The Balaban J connectivity index is 1.12. The smallest absolute Gasteiger partial charge is 0.226 e. The second-order valence-corrected chi connectivity index (χ2v) is 9.72. The highest BCUT2D eigenvalue weighted by molar-refractivity contribution is 5.82. The van der Waals surface area contributed by atoms with Gasteiger partial charge in [0.15, 0.2) is 11.3 Å². The number of nitrogens with one attached hydrogen (secondary N) is 1. The highest BCUT2D eigenvalue weighted by Crippen LogP contribution is 2.60. The van der Waals surface area contributed by atoms with E-state index in [1.807, 2.05) is 12.1 Å². The van der Waals surface area contributed by atoms with Crippen LogP contribution in [0.15, 0.2) is 35.5 Å². The van der Waals surface area contributed by atoms with E-state index in [1.54, 1.807) is 12.4 Å². The van der Waals surface area contributed by atoms with Crippen LogP contribution >= 0.6 is 0 Å². The number of pyridine rings is 1. The second-order valence-electron chi connectivity index (χ2n) is 9.72. The average Bonchev–Trinajstić information content (AvgIpc) is 3.47. The van der Waals surface area contributed by atoms with Gasteiger partial charge in [0.1, 0.15) is 0 Å². The lowest BCUT2D eigenvalue weighted by atomic mass is 9.90. The Morgan fingerprint density at radius 2 is 2.11 bits per heavy atom. The van der Waals surface area contributed by atoms with Crippen molar-refractivity contribution in [3.63, 3.8) is 0 Å². The lowest BCUT2D eigenvalue weighted by Crippen LogP contribution is -2.41. The van der Waals surface area contributed by atoms with Crippen LogP contribution in [0.25, 0.3) is 16.7 Å². The lowest BCUT2D eigenvalue weighted by Gasteiger charge is -2.33. The predicted molar refractivity (Wildman–Crippen MR) is 109 cm³/mol. The molecule has 3 aliphatic rings. The fourth-order valence-electron chi connectivity index (χ4n) is 4.98. The maximum Gasteiger partial charge on any atom is 0.226 e. The molecule has 2 atom stereocenters. The maximum absolute atomic E-state index is 12.6. The molecule has 2 aromatic heterocycles. The summed E-state index contributed by atoms with van der Waals surface area (Å²) in [6, 6.07) is 3.96. The maximum atomic E-state index is 12.6. The first-order valence-corrected chi connectivity index (χ1v) is 10.4. The van der Waals surface area contributed by atoms with Crippen LogP contribution in [0.3, 0.4) is 0 Å². The van der Waals surface area contributed by atoms with Crippen molar-refractivity contribution in [3.05, 3.63) is 36.9 Å². The van der Waals surface area contributed by atoms with Gasteiger partial charge in [0.05, 0.1) is 11.9 Å². The van der Waals surface area contributed by atoms with Gasteiger partial charge in [-0.1, -0.05) is 20.4 Å². The molecular formula is C23H29N3O2. The van der Waals surface area contributed by atoms with E-state index in [2.05, 4.69) is 35.6 Å². The van der Waals surface area contributed by atoms with Crippen LogP contribution in [-0.4, -0.2) is 35.4 Å². The molecule has 148 valence electrons. The highest BCUT2D eigenvalue weighted by atomic mass is 16.3. The zero-order valence-electron chi connectivity index (χ0n) is 16.8. The largest absolute Gasteiger partial charge is 0.453 e. The molecule has 5 nitrogen and oxygen atoms in total. The molecule has 2 aliphatic carbocycles. The third-order valence-corrected chi connectivity index (χ3v) is 7.42. The quantitative estimate of drug-likeness (QED) is 0.851. The van der Waals surface area contributed by atoms with Crippen molar-refractivity contribution >= 4 is 22.6 Å². The molecular weight excluding hydrogens is 350 g/mol. The number of aromatic nitrogens is 1. The van der Waals surface area contributed by atoms with E-state index >= 15 is 0 Å². The van der Waals surface area contributed by atoms with Crippen molar-refractivity contribution in [2.75, 3.05) is 19.6 Å². The molecule has 28 heavy (non-hydrogen) atoms. The number of rotatable bonds is 5. The normalized spacial score (nSPS) is 27.0. The van der Waals surface area contributed by atoms with Gasteiger partial charge in [0.25, 0.3) is 0 Å². The van der Waals surface area contributed by atoms with E-state index < -0.39 is 0 Å². The molecule has 1 amide bonds. The molecule has 2 unspecified atom stereocenters. The van der Waals surface area contributed by atoms with Crippen molar-refractivity contribution in [3.8, 4) is 0 Å². The van der Waals surface area contributed by atoms with Gasteiger partial charge in [-0.05, 0) is 54.6 Å². The van der Waals surface area contributed by atoms with E-state index in [4.69, 9.17) is 4.42 Å². The van der Waals surface area contributed by atoms with Crippen molar-refractivity contribution in [2.24, 2.45) is 22.7 Å². The van der Waals surface area contributed by atoms with E-state index in [1.165, 1.54) is 6.42 Å². The van der Waals surface area contributed by atoms with E-state index in [-0.39, 0.29) is 11.3 Å². The summed E-state index contributed by atoms with van der Waals surface area (Å²) in [6.07, 6.45) is 8.10. The molecule has 3 heterocycles. The number of furan rings is 1. The average molecular weight is 380 g/mol. The minimum Gasteiger partial charge on any atom is -0.453 e. The minimum atomic E-state index is 0.228. The number of amides is 1. The number of carbonyl (C=O) groups excluding carboxylic acids is 1. The molecule has 0 bridgehead atoms. The van der Waals surface area contributed by atoms with Gasteiger partial charge in [0.2, 0.25) is 5.91 Å². The molecule has 3 fully saturated rings. The van der Waals surface area contributed by atoms with Gasteiger partial charge in [-0.25, -0.2) is 0 Å². The van der Waals surface area contributed by atoms with Gasteiger partial charge in [0, 0.05) is 37.1 Å². The summed E-state index contributed by atoms with van der Waals surface area (Å²) in [5.41, 5.74) is 2.28. The van der Waals surface area contributed by atoms with Crippen molar-refractivity contribution in [1.29, 1.82) is 0 Å². The summed E-state index contributed by atoms with van der Waals surface area (Å²) < 4.78 is 5.84. The van der Waals surface area contributed by atoms with Crippen LogP contribution < -0.4 is 5.32 Å². The van der Waals surface area contributed by atoms with Crippen molar-refractivity contribution in [1.82, 2.24) is 15.2 Å². The van der Waals surface area contributed by atoms with Crippen LogP contribution in [0.1, 0.15) is 45.3 Å². The summed E-state index contributed by atoms with van der Waals surface area (Å²) in [5.74, 6) is 2.11. The van der Waals surface area contributed by atoms with Crippen LogP contribution in [0.5, 0.6) is 0 Å². The number of carbonyl (C=O) groups is 1. The molecule has 1 N–H and O–H groups in total. The van der Waals surface area contributed by atoms with E-state index in [0.717, 1.165) is 61.3 Å². The van der Waals surface area contributed by atoms with E-state index in [0.29, 0.717) is 17.2 Å². The van der Waals surface area contributed by atoms with E-state index in [9.17, 15) is 4.79 Å². The fraction of sp³-hybridized carbons (Fsp3) is 0.565. The molecule has 0 radical (unpaired) electrons. The lowest BCUT2D eigenvalue weighted by molar-refractivity contribution is -0.135. The second kappa shape index (κ2) is 6.10. The Labute approximate surface area is 166 Å². The first-order chi connectivity index (χ1) is 13.4. The molecule has 2 saturated carbocycles. The van der Waals surface area contributed by atoms with Gasteiger partial charge >= 0.3 is 0 Å². The highest BCUT2D eigenvalue weighted by Gasteiger charge is 2.57. The number of likely N-dealkylation sites (tertiary alicyclic amines) is 1. The predicted octanol–water partition coefficient (Wildman–Crippen LogP) is 4.06. The third-order valence-electron chi connectivity index (χ3n) is 7.42. The number of hydrogen-bond acceptors (Lipinski definition) is 4. The molecule has 1 spiro atoms. The van der Waals surface area contributed by atoms with Gasteiger partial charge in [-0.2, -0.15) is 0 Å². The Morgan fingerprint density at radius 3 is 2.79 bits per heavy atom. The first kappa shape index (κ1) is 17.8. The SMILES string of the molecule is C=C(NCC1CC12CCN(C(=O)C1CC1(C)C)CC2)c1cc2ccncc2o1. The Bertz CT molecular complexity index is 903. The number of hydrogen-bond donors (Lipinski definition) is 1. The summed E-state index contributed by atoms with van der Waals surface area (Å²) in [6.45, 7) is 11.3. The standard InChI is InChI=1S/C23H29N3O2/c1-15(19-10-16-4-7-24-14-20(16)28-19)25-13-17-11-23(17)5-8-26(9-6-23)21(27)18-12-22(18,2)3/h4,7,10,14,17-18,25H,1,5-6,8-9,11-13H2,2-3H3. The van der Waals surface area contributed by atoms with Gasteiger partial charge in [-0.3, -0.25) is 9.78 Å². The molecule has 5 heteroatoms. The van der Waals surface area contributed by atoms with Gasteiger partial charge in [-0.15, -0.1) is 0 Å². The summed E-state index contributed by atoms with van der Waals surface area (Å²) in [5, 5.41) is 4.53. The van der Waals surface area contributed by atoms with Crippen molar-refractivity contribution < 1.29 is 9.21 Å². The van der Waals surface area contributed by atoms with Crippen LogP contribution in [-0.2, 0) is 4.79 Å². The molecule has 2 aromatic rings. The zero-order valence-corrected chi connectivity index (χ0v) is 16.8. The third kappa shape index (κ3) is 3.01. The molecule has 0 aromatic carbocycles.